The predicted molar refractivity (Wildman–Crippen MR) is 150 cm³/mol. The SMILES string of the molecule is CCCCCCCCC=CCCCCCCCC(=O)OC[C@H]1O[C@@H](n2cnc3nc[nH]c3c2=NC)[C@@H](O)[C@@H]1O. The number of hydrogen-bond acceptors (Lipinski definition) is 8. The molecule has 10 heteroatoms. The molecule has 4 atom stereocenters. The molecule has 1 saturated heterocycles. The first-order valence-corrected chi connectivity index (χ1v) is 14.7. The van der Waals surface area contributed by atoms with E-state index in [1.165, 1.54) is 70.4 Å². The topological polar surface area (TPSA) is 135 Å². The minimum absolute atomic E-state index is 0.127. The molecule has 0 amide bonds. The Bertz CT molecular complexity index is 1080. The number of rotatable bonds is 18. The molecule has 2 aromatic heterocycles. The van der Waals surface area contributed by atoms with Crippen molar-refractivity contribution in [1.29, 1.82) is 0 Å². The highest BCUT2D eigenvalue weighted by atomic mass is 16.6. The van der Waals surface area contributed by atoms with Crippen molar-refractivity contribution in [2.75, 3.05) is 13.7 Å². The first-order valence-electron chi connectivity index (χ1n) is 14.7. The van der Waals surface area contributed by atoms with Crippen LogP contribution in [0.1, 0.15) is 103 Å². The highest BCUT2D eigenvalue weighted by molar-refractivity contribution is 5.69. The maximum atomic E-state index is 12.2. The van der Waals surface area contributed by atoms with Crippen molar-refractivity contribution < 1.29 is 24.5 Å². The molecule has 0 aromatic carbocycles. The standard InChI is InChI=1S/C29H47N5O5/c1-3-4-5-6-7-8-9-10-11-12-13-14-15-16-17-18-23(35)38-19-22-25(36)26(37)29(39-22)34-21-33-27-24(28(34)30-2)31-20-32-27/h10-11,20-22,25-26,29,36-37H,3-9,12-19H2,1-2H3,(H,31,32)/t22-,25-,26+,29-/m1/s1. The number of unbranched alkanes of at least 4 members (excludes halogenated alkanes) is 11. The number of nitrogens with zero attached hydrogens (tertiary/aromatic N) is 4. The monoisotopic (exact) mass is 545 g/mol. The van der Waals surface area contributed by atoms with Crippen LogP contribution in [-0.4, -0.2) is 67.7 Å². The van der Waals surface area contributed by atoms with Gasteiger partial charge in [-0.05, 0) is 32.1 Å². The Balaban J connectivity index is 1.26. The van der Waals surface area contributed by atoms with Crippen LogP contribution in [0.4, 0.5) is 0 Å². The summed E-state index contributed by atoms with van der Waals surface area (Å²) >= 11 is 0. The van der Waals surface area contributed by atoms with E-state index in [0.717, 1.165) is 25.7 Å². The lowest BCUT2D eigenvalue weighted by Gasteiger charge is -2.18. The van der Waals surface area contributed by atoms with Gasteiger partial charge in [0.1, 0.15) is 36.8 Å². The van der Waals surface area contributed by atoms with E-state index >= 15 is 0 Å². The highest BCUT2D eigenvalue weighted by Crippen LogP contribution is 2.29. The Kier molecular flexibility index (Phi) is 13.7. The number of hydrogen-bond donors (Lipinski definition) is 3. The molecule has 0 aliphatic carbocycles. The molecule has 3 rings (SSSR count). The molecular weight excluding hydrogens is 498 g/mol. The van der Waals surface area contributed by atoms with Crippen LogP contribution in [0.3, 0.4) is 0 Å². The van der Waals surface area contributed by atoms with Gasteiger partial charge in [0.05, 0.1) is 6.33 Å². The highest BCUT2D eigenvalue weighted by Gasteiger charge is 2.44. The Hall–Kier alpha value is -2.56. The van der Waals surface area contributed by atoms with E-state index in [2.05, 4.69) is 39.0 Å². The number of H-pyrrole nitrogens is 1. The van der Waals surface area contributed by atoms with Crippen LogP contribution >= 0.6 is 0 Å². The van der Waals surface area contributed by atoms with Crippen LogP contribution in [0, 0.1) is 0 Å². The number of allylic oxidation sites excluding steroid dienone is 2. The Morgan fingerprint density at radius 2 is 1.69 bits per heavy atom. The fourth-order valence-electron chi connectivity index (χ4n) is 4.95. The minimum atomic E-state index is -1.23. The molecule has 1 aliphatic rings. The zero-order valence-electron chi connectivity index (χ0n) is 23.6. The molecule has 0 saturated carbocycles. The second-order valence-corrected chi connectivity index (χ2v) is 10.4. The molecule has 3 N–H and O–H groups in total. The maximum Gasteiger partial charge on any atom is 0.305 e. The molecular formula is C29H47N5O5. The first kappa shape index (κ1) is 31.0. The van der Waals surface area contributed by atoms with Gasteiger partial charge >= 0.3 is 5.97 Å². The van der Waals surface area contributed by atoms with Crippen molar-refractivity contribution in [1.82, 2.24) is 19.5 Å². The summed E-state index contributed by atoms with van der Waals surface area (Å²) in [6.45, 7) is 2.12. The average Bonchev–Trinajstić information content (AvgIpc) is 3.53. The largest absolute Gasteiger partial charge is 0.463 e. The molecule has 10 nitrogen and oxygen atoms in total. The number of carbonyl (C=O) groups excluding carboxylic acids is 1. The van der Waals surface area contributed by atoms with Gasteiger partial charge < -0.3 is 24.7 Å². The summed E-state index contributed by atoms with van der Waals surface area (Å²) in [5, 5.41) is 21.1. The molecule has 1 fully saturated rings. The van der Waals surface area contributed by atoms with Gasteiger partial charge in [-0.3, -0.25) is 14.4 Å². The zero-order chi connectivity index (χ0) is 27.9. The van der Waals surface area contributed by atoms with E-state index in [4.69, 9.17) is 9.47 Å². The van der Waals surface area contributed by atoms with Gasteiger partial charge in [-0.2, -0.15) is 0 Å². The van der Waals surface area contributed by atoms with E-state index in [0.29, 0.717) is 23.1 Å². The van der Waals surface area contributed by atoms with Crippen LogP contribution < -0.4 is 5.49 Å². The normalized spacial score (nSPS) is 21.9. The summed E-state index contributed by atoms with van der Waals surface area (Å²) in [5.74, 6) is -0.321. The van der Waals surface area contributed by atoms with Crippen LogP contribution in [0.15, 0.2) is 29.8 Å². The molecule has 0 spiro atoms. The quantitative estimate of drug-likeness (QED) is 0.143. The summed E-state index contributed by atoms with van der Waals surface area (Å²) in [6.07, 6.45) is 19.4. The second-order valence-electron chi connectivity index (χ2n) is 10.4. The number of carbonyl (C=O) groups is 1. The van der Waals surface area contributed by atoms with Gasteiger partial charge in [0.15, 0.2) is 17.4 Å². The van der Waals surface area contributed by atoms with Gasteiger partial charge in [0.2, 0.25) is 0 Å². The van der Waals surface area contributed by atoms with Crippen molar-refractivity contribution in [3.05, 3.63) is 30.3 Å². The van der Waals surface area contributed by atoms with E-state index in [1.807, 2.05) is 0 Å². The number of esters is 1. The first-order chi connectivity index (χ1) is 19.1. The third-order valence-corrected chi connectivity index (χ3v) is 7.27. The van der Waals surface area contributed by atoms with Gasteiger partial charge in [-0.25, -0.2) is 9.97 Å². The number of aliphatic hydroxyl groups excluding tert-OH is 2. The molecule has 1 aliphatic heterocycles. The number of aliphatic hydroxyl groups is 2. The predicted octanol–water partition coefficient (Wildman–Crippen LogP) is 4.49. The van der Waals surface area contributed by atoms with Crippen LogP contribution in [-0.2, 0) is 14.3 Å². The Labute approximate surface area is 231 Å². The lowest BCUT2D eigenvalue weighted by atomic mass is 10.1. The van der Waals surface area contributed by atoms with Gasteiger partial charge in [-0.15, -0.1) is 0 Å². The maximum absolute atomic E-state index is 12.2. The molecule has 2 aromatic rings. The van der Waals surface area contributed by atoms with E-state index in [9.17, 15) is 15.0 Å². The second kappa shape index (κ2) is 17.2. The average molecular weight is 546 g/mol. The summed E-state index contributed by atoms with van der Waals surface area (Å²) in [6, 6.07) is 0. The van der Waals surface area contributed by atoms with Crippen LogP contribution in [0.5, 0.6) is 0 Å². The molecule has 0 bridgehead atoms. The number of fused-ring (bicyclic) bond motifs is 1. The Morgan fingerprint density at radius 1 is 1.03 bits per heavy atom. The molecule has 3 heterocycles. The molecule has 0 radical (unpaired) electrons. The number of ether oxygens (including phenoxy) is 2. The number of imidazole rings is 1. The third kappa shape index (κ3) is 9.54. The fourth-order valence-corrected chi connectivity index (χ4v) is 4.95. The number of nitrogens with one attached hydrogen (secondary N) is 1. The van der Waals surface area contributed by atoms with E-state index in [1.54, 1.807) is 11.6 Å². The number of aromatic nitrogens is 4. The molecule has 0 unspecified atom stereocenters. The van der Waals surface area contributed by atoms with Crippen LogP contribution in [0.25, 0.3) is 11.2 Å². The van der Waals surface area contributed by atoms with Gasteiger partial charge in [0, 0.05) is 13.5 Å². The Morgan fingerprint density at radius 3 is 2.38 bits per heavy atom. The lowest BCUT2D eigenvalue weighted by Crippen LogP contribution is -2.36. The van der Waals surface area contributed by atoms with Crippen molar-refractivity contribution in [3.8, 4) is 0 Å². The third-order valence-electron chi connectivity index (χ3n) is 7.27. The number of aromatic amines is 1. The summed E-state index contributed by atoms with van der Waals surface area (Å²) < 4.78 is 12.8. The van der Waals surface area contributed by atoms with Crippen molar-refractivity contribution >= 4 is 17.1 Å². The molecule has 39 heavy (non-hydrogen) atoms. The van der Waals surface area contributed by atoms with Gasteiger partial charge in [-0.1, -0.05) is 70.4 Å². The molecule has 218 valence electrons. The fraction of sp³-hybridized carbons (Fsp3) is 0.724. The van der Waals surface area contributed by atoms with Crippen molar-refractivity contribution in [3.63, 3.8) is 0 Å². The van der Waals surface area contributed by atoms with Gasteiger partial charge in [0.25, 0.3) is 0 Å². The summed E-state index contributed by atoms with van der Waals surface area (Å²) in [5.41, 5.74) is 1.57. The van der Waals surface area contributed by atoms with E-state index in [-0.39, 0.29) is 12.6 Å². The summed E-state index contributed by atoms with van der Waals surface area (Å²) in [7, 11) is 1.61. The smallest absolute Gasteiger partial charge is 0.305 e. The van der Waals surface area contributed by atoms with Crippen LogP contribution in [0.2, 0.25) is 0 Å². The zero-order valence-corrected chi connectivity index (χ0v) is 23.6. The van der Waals surface area contributed by atoms with Crippen molar-refractivity contribution in [2.45, 2.75) is 121 Å². The lowest BCUT2D eigenvalue weighted by molar-refractivity contribution is -0.150. The summed E-state index contributed by atoms with van der Waals surface area (Å²) in [4.78, 5) is 27.8. The van der Waals surface area contributed by atoms with E-state index < -0.39 is 24.5 Å². The van der Waals surface area contributed by atoms with Crippen molar-refractivity contribution in [2.24, 2.45) is 4.99 Å². The minimum Gasteiger partial charge on any atom is -0.463 e.